The van der Waals surface area contributed by atoms with Crippen molar-refractivity contribution in [2.45, 2.75) is 118 Å². The molecule has 0 aromatic carbocycles. The highest BCUT2D eigenvalue weighted by Gasteiger charge is 2.61. The third-order valence-corrected chi connectivity index (χ3v) is 11.3. The van der Waals surface area contributed by atoms with Gasteiger partial charge < -0.3 is 20.5 Å². The third kappa shape index (κ3) is 6.97. The summed E-state index contributed by atoms with van der Waals surface area (Å²) >= 11 is 0. The number of hydrogen-bond acceptors (Lipinski definition) is 6. The van der Waals surface area contributed by atoms with Crippen LogP contribution in [0, 0.1) is 51.7 Å². The summed E-state index contributed by atoms with van der Waals surface area (Å²) in [7, 11) is 1.72. The van der Waals surface area contributed by atoms with Crippen LogP contribution in [0.4, 0.5) is 0 Å². The molecule has 8 unspecified atom stereocenters. The van der Waals surface area contributed by atoms with Crippen molar-refractivity contribution in [2.24, 2.45) is 57.2 Å². The summed E-state index contributed by atoms with van der Waals surface area (Å²) in [4.78, 5) is 4.06. The Hall–Kier alpha value is -1.08. The summed E-state index contributed by atoms with van der Waals surface area (Å²) in [6, 6.07) is 0. The van der Waals surface area contributed by atoms with Crippen LogP contribution in [0.2, 0.25) is 0 Å². The molecular formula is C32H59N3O3. The Labute approximate surface area is 233 Å². The van der Waals surface area contributed by atoms with Crippen molar-refractivity contribution in [3.63, 3.8) is 0 Å². The minimum Gasteiger partial charge on any atom is -0.387 e. The molecule has 4 aliphatic rings. The maximum Gasteiger partial charge on any atom is 0.0883 e. The quantitative estimate of drug-likeness (QED) is 0.201. The Kier molecular flexibility index (Phi) is 12.7. The van der Waals surface area contributed by atoms with Crippen molar-refractivity contribution >= 4 is 11.9 Å². The van der Waals surface area contributed by atoms with Crippen LogP contribution in [0.5, 0.6) is 0 Å². The molecule has 4 fully saturated rings. The Morgan fingerprint density at radius 2 is 1.74 bits per heavy atom. The monoisotopic (exact) mass is 533 g/mol. The van der Waals surface area contributed by atoms with E-state index in [1.54, 1.807) is 7.11 Å². The Morgan fingerprint density at radius 3 is 2.34 bits per heavy atom. The summed E-state index contributed by atoms with van der Waals surface area (Å²) in [5.41, 5.74) is 1.20. The van der Waals surface area contributed by atoms with E-state index in [1.165, 1.54) is 44.9 Å². The van der Waals surface area contributed by atoms with Crippen LogP contribution >= 0.6 is 0 Å². The van der Waals surface area contributed by atoms with Gasteiger partial charge in [0.05, 0.1) is 12.2 Å². The van der Waals surface area contributed by atoms with Crippen LogP contribution in [0.15, 0.2) is 17.3 Å². The zero-order valence-corrected chi connectivity index (χ0v) is 25.5. The number of fused-ring (bicyclic) bond motifs is 5. The van der Waals surface area contributed by atoms with Gasteiger partial charge in [0.1, 0.15) is 0 Å². The second kappa shape index (κ2) is 14.5. The van der Waals surface area contributed by atoms with E-state index in [0.717, 1.165) is 49.1 Å². The average Bonchev–Trinajstić information content (AvgIpc) is 3.27. The Bertz CT molecular complexity index is 801. The smallest absolute Gasteiger partial charge is 0.0883 e. The molecule has 0 aromatic rings. The number of ether oxygens (including phenoxy) is 1. The normalized spacial score (nSPS) is 40.7. The molecule has 4 aliphatic carbocycles. The van der Waals surface area contributed by atoms with Crippen molar-refractivity contribution in [3.05, 3.63) is 12.3 Å². The van der Waals surface area contributed by atoms with Gasteiger partial charge in [0.25, 0.3) is 0 Å². The van der Waals surface area contributed by atoms with Gasteiger partial charge in [0.15, 0.2) is 0 Å². The van der Waals surface area contributed by atoms with E-state index in [9.17, 15) is 5.11 Å². The van der Waals surface area contributed by atoms with Crippen molar-refractivity contribution in [1.82, 2.24) is 0 Å². The van der Waals surface area contributed by atoms with E-state index in [0.29, 0.717) is 35.2 Å². The zero-order chi connectivity index (χ0) is 28.6. The van der Waals surface area contributed by atoms with E-state index >= 15 is 0 Å². The van der Waals surface area contributed by atoms with Gasteiger partial charge in [-0.1, -0.05) is 40.7 Å². The molecular weight excluding hydrogens is 474 g/mol. The fourth-order valence-corrected chi connectivity index (χ4v) is 8.93. The maximum atomic E-state index is 11.0. The molecule has 0 spiro atoms. The molecule has 0 saturated heterocycles. The SMILES string of the molecule is C/C=C\N=CC(C)CC.CCC(=N)C1CCC2C3CCC4C[C@@](O)(COC)CCC4(C)C3CCC12C.NO. The van der Waals surface area contributed by atoms with Gasteiger partial charge >= 0.3 is 0 Å². The Balaban J connectivity index is 0.000000394. The molecule has 0 radical (unpaired) electrons. The fraction of sp³-hybridized carbons (Fsp3) is 0.875. The van der Waals surface area contributed by atoms with Gasteiger partial charge in [0.2, 0.25) is 0 Å². The Morgan fingerprint density at radius 1 is 1.05 bits per heavy atom. The number of aliphatic hydroxyl groups is 1. The molecule has 38 heavy (non-hydrogen) atoms. The number of methoxy groups -OCH3 is 1. The van der Waals surface area contributed by atoms with Crippen molar-refractivity contribution in [2.75, 3.05) is 13.7 Å². The summed E-state index contributed by atoms with van der Waals surface area (Å²) in [5, 5.41) is 26.0. The number of aliphatic imine (C=N–C) groups is 1. The standard InChI is InChI=1S/C24H41NO2.C8H15N.H3NO/c1-5-21(25)20-9-8-18-17-7-6-16-14-24(26,15-27-4)13-12-22(16,2)19(17)10-11-23(18,20)3;1-4-6-9-7-8(3)5-2;1-2/h16-20,25-26H,5-15H2,1-4H3;4,6-8H,5H2,1-3H3;2H,1H2/b;6-4-,9-7?;/t16?,17?,18?,19?,20?,22?,23?,24-;;/m1../s1. The highest BCUT2D eigenvalue weighted by atomic mass is 16.5. The first kappa shape index (κ1) is 33.1. The first-order chi connectivity index (χ1) is 18.1. The first-order valence-corrected chi connectivity index (χ1v) is 15.3. The first-order valence-electron chi connectivity index (χ1n) is 15.3. The molecule has 0 amide bonds. The van der Waals surface area contributed by atoms with Crippen molar-refractivity contribution < 1.29 is 15.1 Å². The molecule has 220 valence electrons. The van der Waals surface area contributed by atoms with Crippen LogP contribution in [0.25, 0.3) is 0 Å². The van der Waals surface area contributed by atoms with Crippen LogP contribution in [0.1, 0.15) is 112 Å². The van der Waals surface area contributed by atoms with Crippen molar-refractivity contribution in [3.8, 4) is 0 Å². The van der Waals surface area contributed by atoms with Gasteiger partial charge in [0, 0.05) is 31.2 Å². The number of allylic oxidation sites excluding steroid dienone is 1. The minimum absolute atomic E-state index is 0.378. The predicted octanol–water partition coefficient (Wildman–Crippen LogP) is 7.42. The van der Waals surface area contributed by atoms with Gasteiger partial charge in [-0.25, -0.2) is 5.90 Å². The lowest BCUT2D eigenvalue weighted by Gasteiger charge is -2.62. The highest BCUT2D eigenvalue weighted by Crippen LogP contribution is 2.68. The second-order valence-corrected chi connectivity index (χ2v) is 13.2. The summed E-state index contributed by atoms with van der Waals surface area (Å²) in [5.74, 6) is 7.82. The van der Waals surface area contributed by atoms with Gasteiger partial charge in [-0.2, -0.15) is 0 Å². The minimum atomic E-state index is -0.594. The van der Waals surface area contributed by atoms with E-state index < -0.39 is 5.60 Å². The highest BCUT2D eigenvalue weighted by molar-refractivity contribution is 5.84. The molecule has 0 heterocycles. The van der Waals surface area contributed by atoms with E-state index in [-0.39, 0.29) is 0 Å². The van der Waals surface area contributed by atoms with Crippen LogP contribution in [-0.2, 0) is 4.74 Å². The van der Waals surface area contributed by atoms with Gasteiger partial charge in [-0.3, -0.25) is 4.99 Å². The second-order valence-electron chi connectivity index (χ2n) is 13.2. The molecule has 6 nitrogen and oxygen atoms in total. The lowest BCUT2D eigenvalue weighted by atomic mass is 9.44. The summed E-state index contributed by atoms with van der Waals surface area (Å²) in [6.07, 6.45) is 18.7. The molecule has 5 N–H and O–H groups in total. The number of hydrogen-bond donors (Lipinski definition) is 4. The molecule has 6 heteroatoms. The van der Waals surface area contributed by atoms with Gasteiger partial charge in [-0.15, -0.1) is 0 Å². The van der Waals surface area contributed by atoms with E-state index in [4.69, 9.17) is 15.4 Å². The fourth-order valence-electron chi connectivity index (χ4n) is 8.93. The number of nitrogens with zero attached hydrogens (tertiary/aromatic N) is 1. The largest absolute Gasteiger partial charge is 0.387 e. The molecule has 4 saturated carbocycles. The average molecular weight is 534 g/mol. The van der Waals surface area contributed by atoms with Crippen LogP contribution in [0.3, 0.4) is 0 Å². The number of nitrogens with two attached hydrogens (primary N) is 1. The number of nitrogens with one attached hydrogen (secondary N) is 1. The van der Waals surface area contributed by atoms with Crippen LogP contribution < -0.4 is 5.90 Å². The van der Waals surface area contributed by atoms with Crippen LogP contribution in [-0.4, -0.2) is 41.6 Å². The van der Waals surface area contributed by atoms with Crippen molar-refractivity contribution in [1.29, 1.82) is 5.41 Å². The predicted molar refractivity (Wildman–Crippen MR) is 159 cm³/mol. The summed E-state index contributed by atoms with van der Waals surface area (Å²) < 4.78 is 5.35. The molecule has 4 rings (SSSR count). The third-order valence-electron chi connectivity index (χ3n) is 11.3. The van der Waals surface area contributed by atoms with Gasteiger partial charge in [-0.05, 0) is 118 Å². The molecule has 0 aromatic heterocycles. The lowest BCUT2D eigenvalue weighted by Crippen LogP contribution is -2.56. The number of rotatable bonds is 7. The zero-order valence-electron chi connectivity index (χ0n) is 25.5. The van der Waals surface area contributed by atoms with E-state index in [2.05, 4.69) is 45.5 Å². The molecule has 0 aliphatic heterocycles. The van der Waals surface area contributed by atoms with E-state index in [1.807, 2.05) is 25.4 Å². The molecule has 0 bridgehead atoms. The summed E-state index contributed by atoms with van der Waals surface area (Å²) in [6.45, 7) is 14.0. The lowest BCUT2D eigenvalue weighted by molar-refractivity contribution is -0.161. The maximum absolute atomic E-state index is 11.0. The topological polar surface area (TPSA) is 112 Å². The molecule has 9 atom stereocenters.